The first kappa shape index (κ1) is 25.4. The Morgan fingerprint density at radius 3 is 2.39 bits per heavy atom. The monoisotopic (exact) mass is 464 g/mol. The van der Waals surface area contributed by atoms with E-state index in [0.29, 0.717) is 32.7 Å². The molecule has 170 valence electrons. The van der Waals surface area contributed by atoms with Gasteiger partial charge in [0.15, 0.2) is 0 Å². The van der Waals surface area contributed by atoms with E-state index >= 15 is 0 Å². The van der Waals surface area contributed by atoms with Crippen molar-refractivity contribution >= 4 is 34.8 Å². The topological polar surface area (TPSA) is 49.9 Å². The van der Waals surface area contributed by atoms with Gasteiger partial charge < -0.3 is 14.5 Å². The molecular weight excluding hydrogens is 432 g/mol. The Kier molecular flexibility index (Phi) is 10.0. The van der Waals surface area contributed by atoms with Gasteiger partial charge in [-0.3, -0.25) is 9.59 Å². The van der Waals surface area contributed by atoms with Gasteiger partial charge in [0.25, 0.3) is 0 Å². The number of alkyl halides is 1. The number of amides is 2. The van der Waals surface area contributed by atoms with Crippen LogP contribution in [-0.4, -0.2) is 54.3 Å². The second-order valence-electron chi connectivity index (χ2n) is 8.35. The summed E-state index contributed by atoms with van der Waals surface area (Å²) in [5.74, 6) is 0.00911. The van der Waals surface area contributed by atoms with Crippen molar-refractivity contribution in [3.05, 3.63) is 57.8 Å². The summed E-state index contributed by atoms with van der Waals surface area (Å²) in [6.45, 7) is 7.71. The van der Waals surface area contributed by atoms with Crippen LogP contribution in [0.2, 0.25) is 0 Å². The third-order valence-electron chi connectivity index (χ3n) is 5.17. The van der Waals surface area contributed by atoms with Gasteiger partial charge >= 0.3 is 0 Å². The highest BCUT2D eigenvalue weighted by atomic mass is 35.5. The van der Waals surface area contributed by atoms with Crippen molar-refractivity contribution in [1.29, 1.82) is 0 Å². The van der Waals surface area contributed by atoms with Crippen LogP contribution in [0.25, 0.3) is 0 Å². The molecule has 0 N–H and O–H groups in total. The number of methoxy groups -OCH3 is 1. The minimum absolute atomic E-state index is 0.0279. The first-order chi connectivity index (χ1) is 14.8. The van der Waals surface area contributed by atoms with E-state index in [0.717, 1.165) is 10.4 Å². The highest BCUT2D eigenvalue weighted by molar-refractivity contribution is 7.10. The van der Waals surface area contributed by atoms with Crippen molar-refractivity contribution in [2.24, 2.45) is 5.41 Å². The molecule has 0 aliphatic rings. The van der Waals surface area contributed by atoms with Gasteiger partial charge in [-0.05, 0) is 49.8 Å². The van der Waals surface area contributed by atoms with Crippen molar-refractivity contribution in [2.75, 3.05) is 32.7 Å². The smallest absolute Gasteiger partial charge is 0.242 e. The first-order valence-electron chi connectivity index (χ1n) is 10.5. The van der Waals surface area contributed by atoms with Gasteiger partial charge in [0, 0.05) is 37.6 Å². The zero-order chi connectivity index (χ0) is 22.9. The summed E-state index contributed by atoms with van der Waals surface area (Å²) in [6.07, 6.45) is 0.663. The maximum atomic E-state index is 13.4. The van der Waals surface area contributed by atoms with E-state index in [1.807, 2.05) is 54.5 Å². The number of ether oxygens (including phenoxy) is 1. The summed E-state index contributed by atoms with van der Waals surface area (Å²) in [6, 6.07) is 12.0. The Morgan fingerprint density at radius 1 is 1.10 bits per heavy atom. The normalized spacial score (nSPS) is 11.4. The van der Waals surface area contributed by atoms with Gasteiger partial charge in [-0.25, -0.2) is 0 Å². The third-order valence-corrected chi connectivity index (χ3v) is 6.85. The second kappa shape index (κ2) is 12.2. The molecule has 0 unspecified atom stereocenters. The molecule has 2 amide bonds. The molecule has 0 bridgehead atoms. The minimum atomic E-state index is -0.733. The fourth-order valence-electron chi connectivity index (χ4n) is 3.18. The molecule has 2 aromatic rings. The fraction of sp³-hybridized carbons (Fsp3) is 0.500. The number of aryl methyl sites for hydroxylation is 1. The Hall–Kier alpha value is -1.89. The zero-order valence-electron chi connectivity index (χ0n) is 18.9. The molecular formula is C24H33ClN2O3S. The van der Waals surface area contributed by atoms with Gasteiger partial charge in [0.2, 0.25) is 11.8 Å². The summed E-state index contributed by atoms with van der Waals surface area (Å²) < 4.78 is 5.14. The van der Waals surface area contributed by atoms with Crippen LogP contribution in [0.3, 0.4) is 0 Å². The number of benzene rings is 1. The lowest BCUT2D eigenvalue weighted by atomic mass is 9.94. The molecule has 1 heterocycles. The van der Waals surface area contributed by atoms with Crippen molar-refractivity contribution in [3.8, 4) is 0 Å². The van der Waals surface area contributed by atoms with Crippen molar-refractivity contribution in [1.82, 2.24) is 9.80 Å². The first-order valence-corrected chi connectivity index (χ1v) is 11.9. The predicted molar refractivity (Wildman–Crippen MR) is 127 cm³/mol. The quantitative estimate of drug-likeness (QED) is 0.337. The molecule has 0 saturated carbocycles. The standard InChI is InChI=1S/C24H33ClN2O3S/c1-19-11-14-31-21(19)16-27(15-20-9-6-5-7-10-20)22(28)17-26(12-8-13-30-4)23(29)24(2,3)18-25/h5-7,9-11,14H,8,12-13,15-18H2,1-4H3. The number of rotatable bonds is 12. The molecule has 5 nitrogen and oxygen atoms in total. The fourth-order valence-corrected chi connectivity index (χ4v) is 4.21. The average molecular weight is 465 g/mol. The largest absolute Gasteiger partial charge is 0.385 e. The number of carbonyl (C=O) groups excluding carboxylic acids is 2. The van der Waals surface area contributed by atoms with Gasteiger partial charge in [0.1, 0.15) is 0 Å². The average Bonchev–Trinajstić information content (AvgIpc) is 3.17. The highest BCUT2D eigenvalue weighted by Gasteiger charge is 2.33. The van der Waals surface area contributed by atoms with E-state index in [1.165, 1.54) is 5.56 Å². The van der Waals surface area contributed by atoms with Crippen molar-refractivity contribution in [2.45, 2.75) is 40.3 Å². The van der Waals surface area contributed by atoms with E-state index in [-0.39, 0.29) is 24.2 Å². The molecule has 0 fully saturated rings. The van der Waals surface area contributed by atoms with Crippen LogP contribution in [-0.2, 0) is 27.4 Å². The van der Waals surface area contributed by atoms with Crippen molar-refractivity contribution < 1.29 is 14.3 Å². The van der Waals surface area contributed by atoms with E-state index in [4.69, 9.17) is 16.3 Å². The van der Waals surface area contributed by atoms with Gasteiger partial charge in [-0.15, -0.1) is 22.9 Å². The number of halogens is 1. The number of thiophene rings is 1. The van der Waals surface area contributed by atoms with Crippen LogP contribution >= 0.6 is 22.9 Å². The molecule has 0 atom stereocenters. The summed E-state index contributed by atoms with van der Waals surface area (Å²) in [5.41, 5.74) is 1.50. The number of nitrogens with zero attached hydrogens (tertiary/aromatic N) is 2. The molecule has 0 aliphatic carbocycles. The Bertz CT molecular complexity index is 838. The van der Waals surface area contributed by atoms with Crippen LogP contribution < -0.4 is 0 Å². The summed E-state index contributed by atoms with van der Waals surface area (Å²) in [4.78, 5) is 31.1. The van der Waals surface area contributed by atoms with E-state index in [2.05, 4.69) is 13.0 Å². The molecule has 31 heavy (non-hydrogen) atoms. The molecule has 0 aliphatic heterocycles. The maximum Gasteiger partial charge on any atom is 0.242 e. The minimum Gasteiger partial charge on any atom is -0.385 e. The molecule has 0 saturated heterocycles. The lowest BCUT2D eigenvalue weighted by molar-refractivity contribution is -0.146. The van der Waals surface area contributed by atoms with E-state index in [9.17, 15) is 9.59 Å². The second-order valence-corrected chi connectivity index (χ2v) is 9.62. The van der Waals surface area contributed by atoms with Gasteiger partial charge in [-0.2, -0.15) is 0 Å². The Labute approximate surface area is 194 Å². The van der Waals surface area contributed by atoms with Gasteiger partial charge in [-0.1, -0.05) is 30.3 Å². The zero-order valence-corrected chi connectivity index (χ0v) is 20.5. The van der Waals surface area contributed by atoms with Crippen LogP contribution in [0.5, 0.6) is 0 Å². The Morgan fingerprint density at radius 2 is 1.81 bits per heavy atom. The molecule has 1 aromatic carbocycles. The van der Waals surface area contributed by atoms with Crippen LogP contribution in [0, 0.1) is 12.3 Å². The molecule has 0 spiro atoms. The SMILES string of the molecule is COCCCN(CC(=O)N(Cc1ccccc1)Cc1sccc1C)C(=O)C(C)(C)CCl. The molecule has 0 radical (unpaired) electrons. The van der Waals surface area contributed by atoms with Crippen LogP contribution in [0.4, 0.5) is 0 Å². The lowest BCUT2D eigenvalue weighted by Gasteiger charge is -2.32. The predicted octanol–water partition coefficient (Wildman–Crippen LogP) is 4.72. The number of hydrogen-bond acceptors (Lipinski definition) is 4. The molecule has 2 rings (SSSR count). The third kappa shape index (κ3) is 7.63. The van der Waals surface area contributed by atoms with E-state index in [1.54, 1.807) is 23.3 Å². The molecule has 1 aromatic heterocycles. The van der Waals surface area contributed by atoms with Crippen molar-refractivity contribution in [3.63, 3.8) is 0 Å². The van der Waals surface area contributed by atoms with E-state index < -0.39 is 5.41 Å². The van der Waals surface area contributed by atoms with Crippen LogP contribution in [0.1, 0.15) is 36.3 Å². The molecule has 7 heteroatoms. The van der Waals surface area contributed by atoms with Crippen LogP contribution in [0.15, 0.2) is 41.8 Å². The summed E-state index contributed by atoms with van der Waals surface area (Å²) in [5, 5.41) is 2.04. The highest BCUT2D eigenvalue weighted by Crippen LogP contribution is 2.23. The number of carbonyl (C=O) groups is 2. The maximum absolute atomic E-state index is 13.4. The number of hydrogen-bond donors (Lipinski definition) is 0. The Balaban J connectivity index is 2.22. The summed E-state index contributed by atoms with van der Waals surface area (Å²) in [7, 11) is 1.63. The van der Waals surface area contributed by atoms with Gasteiger partial charge in [0.05, 0.1) is 18.5 Å². The summed E-state index contributed by atoms with van der Waals surface area (Å²) >= 11 is 7.69. The lowest BCUT2D eigenvalue weighted by Crippen LogP contribution is -2.48.